The molecule has 0 fully saturated rings. The highest BCUT2D eigenvalue weighted by Gasteiger charge is 2.18. The highest BCUT2D eigenvalue weighted by Crippen LogP contribution is 2.42. The van der Waals surface area contributed by atoms with Gasteiger partial charge in [0.15, 0.2) is 0 Å². The van der Waals surface area contributed by atoms with Gasteiger partial charge in [-0.1, -0.05) is 134 Å². The summed E-state index contributed by atoms with van der Waals surface area (Å²) in [5, 5.41) is 11.1. The van der Waals surface area contributed by atoms with Crippen LogP contribution in [0.5, 0.6) is 0 Å². The summed E-state index contributed by atoms with van der Waals surface area (Å²) in [7, 11) is 0. The molecule has 0 saturated heterocycles. The lowest BCUT2D eigenvalue weighted by molar-refractivity contribution is 1.38. The van der Waals surface area contributed by atoms with Gasteiger partial charge >= 0.3 is 0 Å². The van der Waals surface area contributed by atoms with Crippen molar-refractivity contribution in [2.45, 2.75) is 4.90 Å². The lowest BCUT2D eigenvalue weighted by Gasteiger charge is -2.19. The maximum Gasteiger partial charge on any atom is 0.0690 e. The van der Waals surface area contributed by atoms with Gasteiger partial charge < -0.3 is 0 Å². The molecule has 0 unspecified atom stereocenters. The number of benzene rings is 5. The van der Waals surface area contributed by atoms with Crippen LogP contribution in [0.2, 0.25) is 0 Å². The van der Waals surface area contributed by atoms with Crippen molar-refractivity contribution >= 4 is 29.1 Å². The van der Waals surface area contributed by atoms with E-state index in [4.69, 9.17) is 5.41 Å². The molecule has 1 aliphatic heterocycles. The summed E-state index contributed by atoms with van der Waals surface area (Å²) in [4.78, 5) is 1.21. The van der Waals surface area contributed by atoms with E-state index >= 15 is 0 Å². The quantitative estimate of drug-likeness (QED) is 0.249. The summed E-state index contributed by atoms with van der Waals surface area (Å²) in [5.74, 6) is 0. The van der Waals surface area contributed by atoms with Gasteiger partial charge in [-0.2, -0.15) is 0 Å². The first-order chi connectivity index (χ1) is 18.2. The first-order valence-electron chi connectivity index (χ1n) is 12.3. The van der Waals surface area contributed by atoms with Crippen LogP contribution in [-0.2, 0) is 0 Å². The summed E-state index contributed by atoms with van der Waals surface area (Å²) in [6, 6.07) is 41.7. The Hall–Kier alpha value is -4.40. The molecule has 176 valence electrons. The third kappa shape index (κ3) is 4.37. The fourth-order valence-corrected chi connectivity index (χ4v) is 5.92. The number of rotatable bonds is 4. The smallest absolute Gasteiger partial charge is 0.0690 e. The molecule has 37 heavy (non-hydrogen) atoms. The van der Waals surface area contributed by atoms with Gasteiger partial charge in [-0.3, -0.25) is 5.41 Å². The van der Waals surface area contributed by atoms with Crippen LogP contribution in [0.15, 0.2) is 138 Å². The van der Waals surface area contributed by atoms with Crippen molar-refractivity contribution < 1.29 is 0 Å². The van der Waals surface area contributed by atoms with Gasteiger partial charge in [-0.25, -0.2) is 0 Å². The minimum absolute atomic E-state index is 0.530. The second-order valence-electron chi connectivity index (χ2n) is 9.04. The van der Waals surface area contributed by atoms with Crippen LogP contribution in [0, 0.1) is 5.41 Å². The van der Waals surface area contributed by atoms with Gasteiger partial charge in [0.2, 0.25) is 0 Å². The molecule has 1 aliphatic rings. The van der Waals surface area contributed by atoms with Crippen molar-refractivity contribution in [1.29, 1.82) is 5.41 Å². The van der Waals surface area contributed by atoms with Crippen molar-refractivity contribution in [1.82, 2.24) is 0 Å². The molecule has 1 heterocycles. The average Bonchev–Trinajstić information content (AvgIpc) is 2.96. The minimum Gasteiger partial charge on any atom is -0.300 e. The molecule has 2 heteroatoms. The largest absolute Gasteiger partial charge is 0.300 e. The molecule has 1 N–H and O–H groups in total. The zero-order valence-corrected chi connectivity index (χ0v) is 21.1. The van der Waals surface area contributed by atoms with E-state index in [0.717, 1.165) is 39.0 Å². The van der Waals surface area contributed by atoms with Crippen LogP contribution in [0.1, 0.15) is 27.8 Å². The summed E-state index contributed by atoms with van der Waals surface area (Å²) < 4.78 is 0. The fraction of sp³-hybridized carbons (Fsp3) is 0. The monoisotopic (exact) mass is 491 g/mol. The van der Waals surface area contributed by atoms with Crippen LogP contribution in [0.25, 0.3) is 33.9 Å². The van der Waals surface area contributed by atoms with E-state index < -0.39 is 0 Å². The Morgan fingerprint density at radius 1 is 0.595 bits per heavy atom. The third-order valence-corrected chi connectivity index (χ3v) is 7.75. The van der Waals surface area contributed by atoms with Crippen LogP contribution >= 0.6 is 11.8 Å². The highest BCUT2D eigenvalue weighted by atomic mass is 32.2. The van der Waals surface area contributed by atoms with Crippen molar-refractivity contribution in [3.05, 3.63) is 161 Å². The average molecular weight is 492 g/mol. The molecule has 5 aromatic rings. The third-order valence-electron chi connectivity index (χ3n) is 6.80. The topological polar surface area (TPSA) is 23.9 Å². The predicted octanol–water partition coefficient (Wildman–Crippen LogP) is 9.57. The normalized spacial score (nSPS) is 13.1. The number of nitrogens with one attached hydrogen (secondary N) is 1. The van der Waals surface area contributed by atoms with Gasteiger partial charge in [0.25, 0.3) is 0 Å². The Morgan fingerprint density at radius 2 is 1.22 bits per heavy atom. The molecule has 0 spiro atoms. The van der Waals surface area contributed by atoms with Crippen molar-refractivity contribution in [2.75, 3.05) is 0 Å². The van der Waals surface area contributed by atoms with Gasteiger partial charge in [0.05, 0.1) is 5.71 Å². The lowest BCUT2D eigenvalue weighted by atomic mass is 9.90. The van der Waals surface area contributed by atoms with Crippen molar-refractivity contribution in [3.8, 4) is 22.3 Å². The second kappa shape index (κ2) is 9.93. The summed E-state index contributed by atoms with van der Waals surface area (Å²) in [5.41, 5.74) is 11.4. The zero-order valence-electron chi connectivity index (χ0n) is 20.3. The Bertz CT molecular complexity index is 1680. The number of thioether (sulfide) groups is 1. The van der Waals surface area contributed by atoms with Gasteiger partial charge in [0.1, 0.15) is 0 Å². The maximum absolute atomic E-state index is 8.91. The number of fused-ring (bicyclic) bond motifs is 2. The Kier molecular flexibility index (Phi) is 6.18. The van der Waals surface area contributed by atoms with Crippen LogP contribution < -0.4 is 0 Å². The summed E-state index contributed by atoms with van der Waals surface area (Å²) in [6.45, 7) is 4.49. The molecule has 1 nitrogen and oxygen atoms in total. The van der Waals surface area contributed by atoms with E-state index in [-0.39, 0.29) is 0 Å². The van der Waals surface area contributed by atoms with E-state index in [9.17, 15) is 0 Å². The highest BCUT2D eigenvalue weighted by molar-refractivity contribution is 8.02. The van der Waals surface area contributed by atoms with Crippen molar-refractivity contribution in [3.63, 3.8) is 0 Å². The molecule has 6 rings (SSSR count). The molecule has 0 atom stereocenters. The molecule has 0 aliphatic carbocycles. The van der Waals surface area contributed by atoms with E-state index in [2.05, 4.69) is 90.9 Å². The van der Waals surface area contributed by atoms with E-state index in [1.807, 2.05) is 48.5 Å². The first-order valence-corrected chi connectivity index (χ1v) is 13.2. The van der Waals surface area contributed by atoms with E-state index in [1.165, 1.54) is 21.6 Å². The van der Waals surface area contributed by atoms with Crippen molar-refractivity contribution in [2.24, 2.45) is 0 Å². The maximum atomic E-state index is 8.91. The first kappa shape index (κ1) is 23.0. The standard InChI is InChI=1S/C35H25NS/c1-24-29-16-6-5-11-25(29)21-22-37-35-30(24)19-10-20-32(35)28-15-9-14-27(23-28)31-17-7-8-18-33(31)34(36)26-12-3-2-4-13-26/h2-23,36H,1H2/b22-21-,36-34?. The second-order valence-corrected chi connectivity index (χ2v) is 9.95. The Balaban J connectivity index is 1.45. The number of hydrogen-bond acceptors (Lipinski definition) is 2. The van der Waals surface area contributed by atoms with E-state index in [1.54, 1.807) is 11.8 Å². The van der Waals surface area contributed by atoms with Crippen LogP contribution in [-0.4, -0.2) is 5.71 Å². The van der Waals surface area contributed by atoms with Gasteiger partial charge in [0, 0.05) is 16.0 Å². The number of hydrogen-bond donors (Lipinski definition) is 1. The summed E-state index contributed by atoms with van der Waals surface area (Å²) >= 11 is 1.74. The zero-order chi connectivity index (χ0) is 25.2. The Labute approximate surface area is 222 Å². The molecule has 5 aromatic carbocycles. The molecule has 0 amide bonds. The van der Waals surface area contributed by atoms with Gasteiger partial charge in [-0.05, 0) is 62.1 Å². The molecular weight excluding hydrogens is 466 g/mol. The van der Waals surface area contributed by atoms with E-state index in [0.29, 0.717) is 5.71 Å². The Morgan fingerprint density at radius 3 is 2.05 bits per heavy atom. The fourth-order valence-electron chi connectivity index (χ4n) is 4.93. The lowest BCUT2D eigenvalue weighted by Crippen LogP contribution is -2.03. The molecule has 0 radical (unpaired) electrons. The SMILES string of the molecule is C=C1c2ccccc2/C=C\Sc2c1cccc2-c1cccc(-c2ccccc2C(=N)c2ccccc2)c1. The molecule has 0 aromatic heterocycles. The van der Waals surface area contributed by atoms with Crippen LogP contribution in [0.3, 0.4) is 0 Å². The molecule has 0 saturated carbocycles. The predicted molar refractivity (Wildman–Crippen MR) is 159 cm³/mol. The molecular formula is C35H25NS. The van der Waals surface area contributed by atoms with Gasteiger partial charge in [-0.15, -0.1) is 0 Å². The minimum atomic E-state index is 0.530. The summed E-state index contributed by atoms with van der Waals surface area (Å²) in [6.07, 6.45) is 2.17. The van der Waals surface area contributed by atoms with Crippen LogP contribution in [0.4, 0.5) is 0 Å². The molecule has 0 bridgehead atoms.